The van der Waals surface area contributed by atoms with Crippen molar-refractivity contribution in [1.29, 1.82) is 0 Å². The van der Waals surface area contributed by atoms with Crippen molar-refractivity contribution in [3.05, 3.63) is 0 Å². The lowest BCUT2D eigenvalue weighted by molar-refractivity contribution is 0.136. The Morgan fingerprint density at radius 2 is 2.23 bits per heavy atom. The van der Waals surface area contributed by atoms with E-state index in [1.54, 1.807) is 0 Å². The van der Waals surface area contributed by atoms with Crippen LogP contribution in [0.15, 0.2) is 0 Å². The molecule has 0 aromatic rings. The van der Waals surface area contributed by atoms with Gasteiger partial charge in [0.1, 0.15) is 0 Å². The average Bonchev–Trinajstić information content (AvgIpc) is 2.57. The Bertz CT molecular complexity index is 158. The molecule has 0 aromatic heterocycles. The van der Waals surface area contributed by atoms with E-state index in [2.05, 4.69) is 12.2 Å². The van der Waals surface area contributed by atoms with Crippen LogP contribution >= 0.6 is 0 Å². The summed E-state index contributed by atoms with van der Waals surface area (Å²) in [6.07, 6.45) is 2.32. The molecule has 0 saturated carbocycles. The maximum atomic E-state index is 6.15. The van der Waals surface area contributed by atoms with Gasteiger partial charge in [-0.25, -0.2) is 0 Å². The summed E-state index contributed by atoms with van der Waals surface area (Å²) in [4.78, 5) is 0. The summed E-state index contributed by atoms with van der Waals surface area (Å²) < 4.78 is 5.42. The average molecular weight is 184 g/mol. The second-order valence-electron chi connectivity index (χ2n) is 4.40. The van der Waals surface area contributed by atoms with Crippen LogP contribution in [0.2, 0.25) is 0 Å². The first kappa shape index (κ1) is 9.44. The van der Waals surface area contributed by atoms with Gasteiger partial charge in [-0.15, -0.1) is 0 Å². The van der Waals surface area contributed by atoms with Crippen LogP contribution in [-0.2, 0) is 4.74 Å². The zero-order valence-corrected chi connectivity index (χ0v) is 8.33. The van der Waals surface area contributed by atoms with Crippen LogP contribution in [0.25, 0.3) is 0 Å². The summed E-state index contributed by atoms with van der Waals surface area (Å²) in [6.45, 7) is 5.18. The topological polar surface area (TPSA) is 47.3 Å². The van der Waals surface area contributed by atoms with Gasteiger partial charge in [-0.3, -0.25) is 0 Å². The molecule has 76 valence electrons. The van der Waals surface area contributed by atoms with Crippen LogP contribution in [0.1, 0.15) is 19.8 Å². The van der Waals surface area contributed by atoms with E-state index < -0.39 is 0 Å². The summed E-state index contributed by atoms with van der Waals surface area (Å²) in [6, 6.07) is 0.943. The van der Waals surface area contributed by atoms with Gasteiger partial charge in [0.2, 0.25) is 0 Å². The Labute approximate surface area is 80.0 Å². The van der Waals surface area contributed by atoms with Crippen molar-refractivity contribution < 1.29 is 4.74 Å². The fraction of sp³-hybridized carbons (Fsp3) is 1.00. The highest BCUT2D eigenvalue weighted by molar-refractivity contribution is 4.92. The first-order valence-corrected chi connectivity index (χ1v) is 5.36. The fourth-order valence-electron chi connectivity index (χ4n) is 2.79. The third-order valence-electron chi connectivity index (χ3n) is 3.52. The smallest absolute Gasteiger partial charge is 0.0498 e. The zero-order chi connectivity index (χ0) is 9.26. The summed E-state index contributed by atoms with van der Waals surface area (Å²) in [7, 11) is 0. The van der Waals surface area contributed by atoms with Crippen molar-refractivity contribution in [2.45, 2.75) is 31.8 Å². The van der Waals surface area contributed by atoms with Gasteiger partial charge in [0, 0.05) is 25.3 Å². The highest BCUT2D eigenvalue weighted by Crippen LogP contribution is 2.29. The quantitative estimate of drug-likeness (QED) is 0.618. The van der Waals surface area contributed by atoms with Crippen molar-refractivity contribution in [3.8, 4) is 0 Å². The molecular formula is C10H20N2O. The van der Waals surface area contributed by atoms with Crippen molar-refractivity contribution >= 4 is 0 Å². The van der Waals surface area contributed by atoms with Gasteiger partial charge in [-0.2, -0.15) is 0 Å². The van der Waals surface area contributed by atoms with Crippen molar-refractivity contribution in [2.24, 2.45) is 17.6 Å². The van der Waals surface area contributed by atoms with Gasteiger partial charge in [0.25, 0.3) is 0 Å². The SMILES string of the molecule is CC1NCCC(N)C1C1CCOC1. The highest BCUT2D eigenvalue weighted by atomic mass is 16.5. The molecular weight excluding hydrogens is 164 g/mol. The Morgan fingerprint density at radius 3 is 2.85 bits per heavy atom. The standard InChI is InChI=1S/C10H20N2O/c1-7-10(8-3-5-13-6-8)9(11)2-4-12-7/h7-10,12H,2-6,11H2,1H3. The number of nitrogens with one attached hydrogen (secondary N) is 1. The molecule has 0 bridgehead atoms. The van der Waals surface area contributed by atoms with Crippen molar-refractivity contribution in [3.63, 3.8) is 0 Å². The van der Waals surface area contributed by atoms with E-state index in [4.69, 9.17) is 10.5 Å². The van der Waals surface area contributed by atoms with Crippen LogP contribution in [-0.4, -0.2) is 31.8 Å². The third kappa shape index (κ3) is 1.87. The molecule has 2 heterocycles. The first-order valence-electron chi connectivity index (χ1n) is 5.36. The van der Waals surface area contributed by atoms with E-state index >= 15 is 0 Å². The van der Waals surface area contributed by atoms with E-state index in [9.17, 15) is 0 Å². The Hall–Kier alpha value is -0.120. The molecule has 0 radical (unpaired) electrons. The predicted molar refractivity (Wildman–Crippen MR) is 52.5 cm³/mol. The van der Waals surface area contributed by atoms with Gasteiger partial charge >= 0.3 is 0 Å². The van der Waals surface area contributed by atoms with Crippen molar-refractivity contribution in [1.82, 2.24) is 5.32 Å². The first-order chi connectivity index (χ1) is 6.29. The molecule has 0 aliphatic carbocycles. The molecule has 3 heteroatoms. The molecule has 2 aliphatic heterocycles. The molecule has 2 saturated heterocycles. The number of hydrogen-bond donors (Lipinski definition) is 2. The lowest BCUT2D eigenvalue weighted by Gasteiger charge is -2.38. The molecule has 4 unspecified atom stereocenters. The molecule has 0 aromatic carbocycles. The summed E-state index contributed by atoms with van der Waals surface area (Å²) in [5, 5.41) is 3.50. The number of ether oxygens (including phenoxy) is 1. The lowest BCUT2D eigenvalue weighted by atomic mass is 9.77. The van der Waals surface area contributed by atoms with E-state index in [1.165, 1.54) is 6.42 Å². The molecule has 2 aliphatic rings. The van der Waals surface area contributed by atoms with Gasteiger partial charge < -0.3 is 15.8 Å². The molecule has 3 nitrogen and oxygen atoms in total. The minimum Gasteiger partial charge on any atom is -0.381 e. The summed E-state index contributed by atoms with van der Waals surface area (Å²) in [5.74, 6) is 1.31. The van der Waals surface area contributed by atoms with Gasteiger partial charge in [0.05, 0.1) is 0 Å². The Balaban J connectivity index is 2.00. The lowest BCUT2D eigenvalue weighted by Crippen LogP contribution is -2.53. The number of rotatable bonds is 1. The fourth-order valence-corrected chi connectivity index (χ4v) is 2.79. The van der Waals surface area contributed by atoms with Crippen LogP contribution in [0.4, 0.5) is 0 Å². The molecule has 2 fully saturated rings. The van der Waals surface area contributed by atoms with Gasteiger partial charge in [-0.05, 0) is 38.1 Å². The number of hydrogen-bond acceptors (Lipinski definition) is 3. The molecule has 3 N–H and O–H groups in total. The number of piperidine rings is 1. The van der Waals surface area contributed by atoms with Gasteiger partial charge in [0.15, 0.2) is 0 Å². The van der Waals surface area contributed by atoms with E-state index in [-0.39, 0.29) is 0 Å². The minimum absolute atomic E-state index is 0.378. The van der Waals surface area contributed by atoms with E-state index in [0.717, 1.165) is 26.2 Å². The third-order valence-corrected chi connectivity index (χ3v) is 3.52. The van der Waals surface area contributed by atoms with Crippen LogP contribution < -0.4 is 11.1 Å². The summed E-state index contributed by atoms with van der Waals surface area (Å²) in [5.41, 5.74) is 6.15. The van der Waals surface area contributed by atoms with E-state index in [0.29, 0.717) is 23.9 Å². The molecule has 4 atom stereocenters. The van der Waals surface area contributed by atoms with Crippen molar-refractivity contribution in [2.75, 3.05) is 19.8 Å². The maximum absolute atomic E-state index is 6.15. The maximum Gasteiger partial charge on any atom is 0.0498 e. The molecule has 0 amide bonds. The largest absolute Gasteiger partial charge is 0.381 e. The van der Waals surface area contributed by atoms with Gasteiger partial charge in [-0.1, -0.05) is 0 Å². The normalized spacial score (nSPS) is 46.6. The minimum atomic E-state index is 0.378. The monoisotopic (exact) mass is 184 g/mol. The summed E-state index contributed by atoms with van der Waals surface area (Å²) >= 11 is 0. The van der Waals surface area contributed by atoms with Crippen LogP contribution in [0.3, 0.4) is 0 Å². The number of nitrogens with two attached hydrogens (primary N) is 1. The Kier molecular flexibility index (Phi) is 2.86. The molecule has 2 rings (SSSR count). The second-order valence-corrected chi connectivity index (χ2v) is 4.40. The van der Waals surface area contributed by atoms with E-state index in [1.807, 2.05) is 0 Å². The molecule has 13 heavy (non-hydrogen) atoms. The van der Waals surface area contributed by atoms with Crippen LogP contribution in [0, 0.1) is 11.8 Å². The second kappa shape index (κ2) is 3.95. The van der Waals surface area contributed by atoms with Crippen LogP contribution in [0.5, 0.6) is 0 Å². The molecule has 0 spiro atoms. The Morgan fingerprint density at radius 1 is 1.38 bits per heavy atom. The predicted octanol–water partition coefficient (Wildman–Crippen LogP) is 0.348. The zero-order valence-electron chi connectivity index (χ0n) is 8.33. The highest BCUT2D eigenvalue weighted by Gasteiger charge is 2.36.